The highest BCUT2D eigenvalue weighted by molar-refractivity contribution is 4.65. The van der Waals surface area contributed by atoms with Crippen LogP contribution >= 0.6 is 0 Å². The van der Waals surface area contributed by atoms with Gasteiger partial charge in [0.2, 0.25) is 0 Å². The van der Waals surface area contributed by atoms with Crippen molar-refractivity contribution in [3.8, 4) is 0 Å². The number of nitrogens with zero attached hydrogens (tertiary/aromatic N) is 1. The first-order valence-electron chi connectivity index (χ1n) is 4.08. The molecule has 0 radical (unpaired) electrons. The Kier molecular flexibility index (Phi) is 5.64. The largest absolute Gasteiger partial charge is 0.330 e. The molecule has 2 nitrogen and oxygen atoms in total. The highest BCUT2D eigenvalue weighted by atomic mass is 15.1. The molecule has 0 aliphatic heterocycles. The van der Waals surface area contributed by atoms with Crippen LogP contribution in [-0.2, 0) is 0 Å². The molecule has 62 valence electrons. The minimum absolute atomic E-state index is 0.690. The second-order valence-corrected chi connectivity index (χ2v) is 2.98. The van der Waals surface area contributed by atoms with Gasteiger partial charge in [-0.05, 0) is 33.5 Å². The second-order valence-electron chi connectivity index (χ2n) is 2.98. The molecule has 1 unspecified atom stereocenters. The molecule has 1 atom stereocenters. The van der Waals surface area contributed by atoms with Gasteiger partial charge in [-0.15, -0.1) is 0 Å². The molecule has 0 saturated carbocycles. The molecule has 0 aromatic heterocycles. The van der Waals surface area contributed by atoms with Crippen molar-refractivity contribution in [2.24, 2.45) is 5.73 Å². The van der Waals surface area contributed by atoms with Crippen molar-refractivity contribution in [2.75, 3.05) is 20.6 Å². The lowest BCUT2D eigenvalue weighted by Crippen LogP contribution is -2.29. The molecule has 0 aromatic rings. The molecule has 0 aliphatic carbocycles. The molecule has 0 rings (SSSR count). The maximum atomic E-state index is 5.47. The second kappa shape index (κ2) is 5.69. The van der Waals surface area contributed by atoms with E-state index in [4.69, 9.17) is 5.73 Å². The Morgan fingerprint density at radius 2 is 1.90 bits per heavy atom. The molecule has 0 fully saturated rings. The zero-order valence-corrected chi connectivity index (χ0v) is 7.43. The summed E-state index contributed by atoms with van der Waals surface area (Å²) in [4.78, 5) is 2.26. The third-order valence-electron chi connectivity index (χ3n) is 1.85. The van der Waals surface area contributed by atoms with Crippen molar-refractivity contribution in [3.05, 3.63) is 0 Å². The molecule has 0 heterocycles. The molecule has 0 spiro atoms. The summed E-state index contributed by atoms with van der Waals surface area (Å²) in [5.74, 6) is 0. The molecule has 0 amide bonds. The quantitative estimate of drug-likeness (QED) is 0.625. The predicted molar refractivity (Wildman–Crippen MR) is 46.1 cm³/mol. The summed E-state index contributed by atoms with van der Waals surface area (Å²) >= 11 is 0. The van der Waals surface area contributed by atoms with Crippen LogP contribution in [0, 0.1) is 0 Å². The maximum absolute atomic E-state index is 5.47. The number of rotatable bonds is 5. The van der Waals surface area contributed by atoms with Gasteiger partial charge in [0.1, 0.15) is 0 Å². The molecule has 2 N–H and O–H groups in total. The van der Waals surface area contributed by atoms with Gasteiger partial charge in [-0.3, -0.25) is 0 Å². The van der Waals surface area contributed by atoms with E-state index in [0.29, 0.717) is 6.04 Å². The monoisotopic (exact) mass is 144 g/mol. The summed E-state index contributed by atoms with van der Waals surface area (Å²) in [5, 5.41) is 0. The average Bonchev–Trinajstić information content (AvgIpc) is 1.87. The maximum Gasteiger partial charge on any atom is 0.0101 e. The molecule has 2 heteroatoms. The van der Waals surface area contributed by atoms with Crippen LogP contribution in [-0.4, -0.2) is 31.6 Å². The van der Waals surface area contributed by atoms with Crippen LogP contribution in [0.1, 0.15) is 26.2 Å². The summed E-state index contributed by atoms with van der Waals surface area (Å²) in [6.07, 6.45) is 3.65. The fraction of sp³-hybridized carbons (Fsp3) is 1.00. The van der Waals surface area contributed by atoms with Gasteiger partial charge >= 0.3 is 0 Å². The third-order valence-corrected chi connectivity index (χ3v) is 1.85. The third kappa shape index (κ3) is 3.85. The summed E-state index contributed by atoms with van der Waals surface area (Å²) in [6, 6.07) is 0.690. The van der Waals surface area contributed by atoms with Crippen LogP contribution in [0.4, 0.5) is 0 Å². The van der Waals surface area contributed by atoms with Crippen LogP contribution < -0.4 is 5.73 Å². The minimum atomic E-state index is 0.690. The fourth-order valence-corrected chi connectivity index (χ4v) is 1.19. The van der Waals surface area contributed by atoms with E-state index >= 15 is 0 Å². The molecular formula is C8H20N2. The Bertz CT molecular complexity index is 65.7. The van der Waals surface area contributed by atoms with E-state index in [0.717, 1.165) is 13.0 Å². The van der Waals surface area contributed by atoms with Crippen molar-refractivity contribution >= 4 is 0 Å². The lowest BCUT2D eigenvalue weighted by Gasteiger charge is -2.22. The van der Waals surface area contributed by atoms with Crippen LogP contribution in [0.25, 0.3) is 0 Å². The fourth-order valence-electron chi connectivity index (χ4n) is 1.19. The van der Waals surface area contributed by atoms with Gasteiger partial charge in [0.15, 0.2) is 0 Å². The first-order chi connectivity index (χ1) is 4.72. The van der Waals surface area contributed by atoms with Crippen molar-refractivity contribution < 1.29 is 0 Å². The van der Waals surface area contributed by atoms with Gasteiger partial charge in [0.25, 0.3) is 0 Å². The minimum Gasteiger partial charge on any atom is -0.330 e. The van der Waals surface area contributed by atoms with Gasteiger partial charge in [0.05, 0.1) is 0 Å². The number of nitrogens with two attached hydrogens (primary N) is 1. The molecule has 0 bridgehead atoms. The van der Waals surface area contributed by atoms with Crippen LogP contribution in [0.2, 0.25) is 0 Å². The van der Waals surface area contributed by atoms with E-state index in [1.807, 2.05) is 0 Å². The predicted octanol–water partition coefficient (Wildman–Crippen LogP) is 1.07. The first-order valence-corrected chi connectivity index (χ1v) is 4.08. The molecule has 10 heavy (non-hydrogen) atoms. The molecular weight excluding hydrogens is 124 g/mol. The van der Waals surface area contributed by atoms with Crippen LogP contribution in [0.15, 0.2) is 0 Å². The van der Waals surface area contributed by atoms with Gasteiger partial charge in [-0.1, -0.05) is 13.3 Å². The lowest BCUT2D eigenvalue weighted by atomic mass is 10.1. The van der Waals surface area contributed by atoms with E-state index < -0.39 is 0 Å². The Morgan fingerprint density at radius 3 is 2.20 bits per heavy atom. The first kappa shape index (κ1) is 9.92. The molecule has 0 aromatic carbocycles. The summed E-state index contributed by atoms with van der Waals surface area (Å²) in [6.45, 7) is 3.02. The Balaban J connectivity index is 3.50. The van der Waals surface area contributed by atoms with E-state index in [9.17, 15) is 0 Å². The summed E-state index contributed by atoms with van der Waals surface area (Å²) < 4.78 is 0. The van der Waals surface area contributed by atoms with E-state index in [-0.39, 0.29) is 0 Å². The van der Waals surface area contributed by atoms with Crippen molar-refractivity contribution in [3.63, 3.8) is 0 Å². The van der Waals surface area contributed by atoms with Crippen molar-refractivity contribution in [1.29, 1.82) is 0 Å². The zero-order chi connectivity index (χ0) is 7.98. The van der Waals surface area contributed by atoms with E-state index in [2.05, 4.69) is 25.9 Å². The Labute approximate surface area is 64.4 Å². The lowest BCUT2D eigenvalue weighted by molar-refractivity contribution is 0.265. The number of hydrogen-bond acceptors (Lipinski definition) is 2. The van der Waals surface area contributed by atoms with Crippen molar-refractivity contribution in [2.45, 2.75) is 32.2 Å². The van der Waals surface area contributed by atoms with E-state index in [1.165, 1.54) is 12.8 Å². The standard InChI is InChI=1S/C8H20N2/c1-4-5-8(6-7-9)10(2)3/h8H,4-7,9H2,1-3H3. The molecule has 0 aliphatic rings. The Morgan fingerprint density at radius 1 is 1.30 bits per heavy atom. The highest BCUT2D eigenvalue weighted by Crippen LogP contribution is 2.05. The van der Waals surface area contributed by atoms with Gasteiger partial charge in [0, 0.05) is 6.04 Å². The van der Waals surface area contributed by atoms with Gasteiger partial charge in [-0.25, -0.2) is 0 Å². The van der Waals surface area contributed by atoms with Gasteiger partial charge in [-0.2, -0.15) is 0 Å². The zero-order valence-electron chi connectivity index (χ0n) is 7.43. The topological polar surface area (TPSA) is 29.3 Å². The SMILES string of the molecule is CCCC(CCN)N(C)C. The summed E-state index contributed by atoms with van der Waals surface area (Å²) in [7, 11) is 4.24. The normalized spacial score (nSPS) is 14.1. The van der Waals surface area contributed by atoms with Gasteiger partial charge < -0.3 is 10.6 Å². The summed E-state index contributed by atoms with van der Waals surface area (Å²) in [5.41, 5.74) is 5.47. The average molecular weight is 144 g/mol. The highest BCUT2D eigenvalue weighted by Gasteiger charge is 2.07. The Hall–Kier alpha value is -0.0800. The van der Waals surface area contributed by atoms with E-state index in [1.54, 1.807) is 0 Å². The molecule has 0 saturated heterocycles. The van der Waals surface area contributed by atoms with Crippen LogP contribution in [0.5, 0.6) is 0 Å². The van der Waals surface area contributed by atoms with Crippen molar-refractivity contribution in [1.82, 2.24) is 4.90 Å². The van der Waals surface area contributed by atoms with Crippen LogP contribution in [0.3, 0.4) is 0 Å². The number of hydrogen-bond donors (Lipinski definition) is 1. The smallest absolute Gasteiger partial charge is 0.0101 e.